The van der Waals surface area contributed by atoms with Gasteiger partial charge < -0.3 is 0 Å². The van der Waals surface area contributed by atoms with Gasteiger partial charge in [-0.3, -0.25) is 49.8 Å². The zero-order valence-corrected chi connectivity index (χ0v) is 91.5. The summed E-state index contributed by atoms with van der Waals surface area (Å²) in [6.07, 6.45) is 32.5. The number of aryl methyl sites for hydroxylation is 11. The van der Waals surface area contributed by atoms with E-state index >= 15 is 0 Å². The molecule has 22 rings (SSSR count). The molecule has 0 atom stereocenters. The Hall–Kier alpha value is -15.6. The highest BCUT2D eigenvalue weighted by molar-refractivity contribution is 5.86. The van der Waals surface area contributed by atoms with Crippen molar-refractivity contribution in [1.29, 1.82) is 0 Å². The maximum absolute atomic E-state index is 4.34. The van der Waals surface area contributed by atoms with Crippen molar-refractivity contribution >= 4 is 120 Å². The van der Waals surface area contributed by atoms with Crippen LogP contribution in [0, 0.1) is 76.2 Å². The molecule has 16 heterocycles. The van der Waals surface area contributed by atoms with Crippen LogP contribution in [-0.4, -0.2) is 94.7 Å². The first-order chi connectivity index (χ1) is 70.0. The summed E-state index contributed by atoms with van der Waals surface area (Å²) in [6, 6.07) is 80.7. The highest BCUT2D eigenvalue weighted by atomic mass is 14.9. The van der Waals surface area contributed by atoms with Crippen LogP contribution in [0.3, 0.4) is 0 Å². The Morgan fingerprint density at radius 1 is 0.161 bits per heavy atom. The zero-order valence-electron chi connectivity index (χ0n) is 91.5. The van der Waals surface area contributed by atoms with Gasteiger partial charge in [0, 0.05) is 166 Å². The van der Waals surface area contributed by atoms with E-state index < -0.39 is 0 Å². The molecule has 0 aliphatic carbocycles. The van der Waals surface area contributed by atoms with Crippen molar-refractivity contribution in [2.24, 2.45) is 0 Å². The van der Waals surface area contributed by atoms with Crippen LogP contribution in [0.2, 0.25) is 0 Å². The van der Waals surface area contributed by atoms with E-state index in [-0.39, 0.29) is 0 Å². The molecule has 19 heteroatoms. The molecule has 0 amide bonds. The van der Waals surface area contributed by atoms with E-state index in [1.807, 2.05) is 439 Å². The lowest BCUT2D eigenvalue weighted by Crippen LogP contribution is -1.86. The Morgan fingerprint density at radius 2 is 0.545 bits per heavy atom. The maximum atomic E-state index is 4.34. The predicted octanol–water partition coefficient (Wildman–Crippen LogP) is 34.4. The number of benzene rings is 6. The van der Waals surface area contributed by atoms with Crippen molar-refractivity contribution in [3.8, 4) is 0 Å². The third kappa shape index (κ3) is 46.3. The van der Waals surface area contributed by atoms with Gasteiger partial charge in [-0.25, -0.2) is 44.9 Å². The van der Waals surface area contributed by atoms with E-state index in [4.69, 9.17) is 0 Å². The molecule has 0 aliphatic heterocycles. The molecule has 143 heavy (non-hydrogen) atoms. The summed E-state index contributed by atoms with van der Waals surface area (Å²) in [7, 11) is 0. The second-order valence-electron chi connectivity index (χ2n) is 28.3. The average molecular weight is 1910 g/mol. The molecule has 0 aliphatic rings. The van der Waals surface area contributed by atoms with E-state index in [0.29, 0.717) is 0 Å². The molecule has 0 fully saturated rings. The Kier molecular flexibility index (Phi) is 67.7. The molecule has 22 aromatic rings. The number of hydrogen-bond donors (Lipinski definition) is 0. The van der Waals surface area contributed by atoms with Gasteiger partial charge in [-0.2, -0.15) is 0 Å². The summed E-state index contributed by atoms with van der Waals surface area (Å²) in [5.41, 5.74) is 21.9. The lowest BCUT2D eigenvalue weighted by molar-refractivity contribution is 1.09. The lowest BCUT2D eigenvalue weighted by Gasteiger charge is -1.98. The summed E-state index contributed by atoms with van der Waals surface area (Å²) >= 11 is 0. The summed E-state index contributed by atoms with van der Waals surface area (Å²) < 4.78 is 0. The monoisotopic (exact) mass is 1910 g/mol. The SMILES string of the molecule is CC.CC.CC.CC.CC.CC.CC.CC.CC.CC.CC.Cc1ccc2cccnc2n1.Cc1ccc2ccncc2c1.Cc1ccc2cnccc2c1.Cc1ccc2cnccc2n1.Cc1ccc2cncnc2c1.Cc1ccc2ncccc2n1.Cc1cccc2ccncc12.Cc1cnc2ccccc2n1.Cc1cnc2cccnc2c1.Cc1cnc2ncccc2c1.Cc1ncc2ccccc2n1. The Morgan fingerprint density at radius 3 is 1.20 bits per heavy atom. The van der Waals surface area contributed by atoms with Gasteiger partial charge in [0.25, 0.3) is 0 Å². The molecule has 0 N–H and O–H groups in total. The highest BCUT2D eigenvalue weighted by Gasteiger charge is 2.02. The second-order valence-corrected chi connectivity index (χ2v) is 28.3. The third-order valence-electron chi connectivity index (χ3n) is 18.3. The summed E-state index contributed by atoms with van der Waals surface area (Å²) in [4.78, 5) is 79.0. The Balaban J connectivity index is 0.000000771. The van der Waals surface area contributed by atoms with Crippen LogP contribution in [0.4, 0.5) is 0 Å². The van der Waals surface area contributed by atoms with Crippen LogP contribution < -0.4 is 0 Å². The molecular weight excluding hydrogens is 1760 g/mol. The van der Waals surface area contributed by atoms with Crippen LogP contribution in [0.25, 0.3) is 120 Å². The first kappa shape index (κ1) is 125. The number of nitrogens with zero attached hydrogens (tertiary/aromatic N) is 19. The van der Waals surface area contributed by atoms with Gasteiger partial charge in [0.1, 0.15) is 12.2 Å². The van der Waals surface area contributed by atoms with Gasteiger partial charge in [-0.05, 0) is 266 Å². The Bertz CT molecular complexity index is 5840. The van der Waals surface area contributed by atoms with Crippen LogP contribution in [0.5, 0.6) is 0 Å². The number of fused-ring (bicyclic) bond motifs is 11. The molecule has 6 aromatic carbocycles. The quantitative estimate of drug-likeness (QED) is 0.137. The number of rotatable bonds is 0. The van der Waals surface area contributed by atoms with E-state index in [9.17, 15) is 0 Å². The molecule has 19 nitrogen and oxygen atoms in total. The zero-order chi connectivity index (χ0) is 106. The van der Waals surface area contributed by atoms with Crippen molar-refractivity contribution in [3.05, 3.63) is 416 Å². The molecule has 0 bridgehead atoms. The second kappa shape index (κ2) is 77.2. The topological polar surface area (TPSA) is 245 Å². The van der Waals surface area contributed by atoms with Crippen molar-refractivity contribution in [1.82, 2.24) is 94.7 Å². The van der Waals surface area contributed by atoms with E-state index in [1.54, 1.807) is 43.5 Å². The molecule has 0 saturated carbocycles. The van der Waals surface area contributed by atoms with Gasteiger partial charge in [-0.1, -0.05) is 254 Å². The fourth-order valence-corrected chi connectivity index (χ4v) is 12.2. The number of hydrogen-bond acceptors (Lipinski definition) is 19. The maximum Gasteiger partial charge on any atom is 0.159 e. The first-order valence-corrected chi connectivity index (χ1v) is 50.3. The van der Waals surface area contributed by atoms with Crippen molar-refractivity contribution in [3.63, 3.8) is 0 Å². The minimum atomic E-state index is 0.818. The third-order valence-corrected chi connectivity index (χ3v) is 18.3. The summed E-state index contributed by atoms with van der Waals surface area (Å²) in [5, 5.41) is 12.9. The van der Waals surface area contributed by atoms with Gasteiger partial charge >= 0.3 is 0 Å². The highest BCUT2D eigenvalue weighted by Crippen LogP contribution is 2.20. The van der Waals surface area contributed by atoms with E-state index in [2.05, 4.69) is 195 Å². The molecule has 0 spiro atoms. The standard InChI is InChI=1S/3C10H9N.8C9H8N2.11C2H6/c1-8-2-3-10-7-11-5-4-9(10)6-8;1-8-2-3-9-4-5-11-7-10(9)6-8;1-8-3-2-4-9-5-6-11-7-10(8)9;1-7-2-3-8-5-10-6-11-9(8)4-7;1-7-2-3-8-6-10-5-4-9(8)11-7;1-7-4-5-8-9(11-7)3-2-6-10-8;1-7-4-5-8-3-2-6-10-9(8)11-7;1-7-5-9-8(11-6-7)3-2-4-10-9;1-7-5-8-3-2-4-10-9(8)11-6-7;1-7-10-6-8-4-2-3-5-9(8)11-7;1-7-6-10-8-4-2-3-5-9(8)11-7;11*1-2/h3*2-7H,1H3;8*2-6H,1H3;11*1-2H3. The Labute approximate surface area is 854 Å². The predicted molar refractivity (Wildman–Crippen MR) is 618 cm³/mol. The molecule has 16 aromatic heterocycles. The first-order valence-electron chi connectivity index (χ1n) is 50.3. The molecular formula is C124H157N19. The van der Waals surface area contributed by atoms with Crippen LogP contribution in [0.15, 0.2) is 354 Å². The van der Waals surface area contributed by atoms with Gasteiger partial charge in [0.05, 0.1) is 55.3 Å². The largest absolute Gasteiger partial charge is 0.264 e. The lowest BCUT2D eigenvalue weighted by atomic mass is 10.1. The molecule has 0 radical (unpaired) electrons. The van der Waals surface area contributed by atoms with Crippen molar-refractivity contribution in [2.75, 3.05) is 0 Å². The normalized spacial score (nSPS) is 9.15. The minimum absolute atomic E-state index is 0.818. The summed E-state index contributed by atoms with van der Waals surface area (Å²) in [6.45, 7) is 66.2. The fraction of sp³-hybridized carbons (Fsp3) is 0.266. The number of aromatic nitrogens is 19. The number of para-hydroxylation sites is 3. The van der Waals surface area contributed by atoms with Crippen LogP contribution in [0.1, 0.15) is 214 Å². The molecule has 0 saturated heterocycles. The molecule has 748 valence electrons. The average Bonchev–Trinajstić information content (AvgIpc) is 0.860. The number of pyridine rings is 13. The molecule has 0 unspecified atom stereocenters. The fourth-order valence-electron chi connectivity index (χ4n) is 12.2. The smallest absolute Gasteiger partial charge is 0.159 e. The van der Waals surface area contributed by atoms with Gasteiger partial charge in [-0.15, -0.1) is 0 Å². The van der Waals surface area contributed by atoms with Crippen LogP contribution >= 0.6 is 0 Å². The minimum Gasteiger partial charge on any atom is -0.264 e. The van der Waals surface area contributed by atoms with Crippen molar-refractivity contribution in [2.45, 2.75) is 228 Å². The summed E-state index contributed by atoms with van der Waals surface area (Å²) in [5.74, 6) is 0.823. The van der Waals surface area contributed by atoms with Crippen molar-refractivity contribution < 1.29 is 0 Å². The van der Waals surface area contributed by atoms with E-state index in [0.717, 1.165) is 122 Å². The van der Waals surface area contributed by atoms with Gasteiger partial charge in [0.15, 0.2) is 11.3 Å². The van der Waals surface area contributed by atoms with E-state index in [1.165, 1.54) is 60.1 Å². The van der Waals surface area contributed by atoms with Crippen LogP contribution in [-0.2, 0) is 0 Å². The van der Waals surface area contributed by atoms with Gasteiger partial charge in [0.2, 0.25) is 0 Å².